The molecule has 0 saturated carbocycles. The minimum absolute atomic E-state index is 0.175. The smallest absolute Gasteiger partial charge is 0.219 e. The van der Waals surface area contributed by atoms with Crippen LogP contribution in [0.4, 0.5) is 8.78 Å². The number of hydrogen-bond acceptors (Lipinski definition) is 3. The summed E-state index contributed by atoms with van der Waals surface area (Å²) in [5.41, 5.74) is 6.52. The van der Waals surface area contributed by atoms with E-state index in [1.807, 2.05) is 6.92 Å². The van der Waals surface area contributed by atoms with Gasteiger partial charge in [0.15, 0.2) is 11.6 Å². The van der Waals surface area contributed by atoms with Gasteiger partial charge in [-0.05, 0) is 30.7 Å². The second-order valence-electron chi connectivity index (χ2n) is 3.87. The summed E-state index contributed by atoms with van der Waals surface area (Å²) in [6.07, 6.45) is 1.51. The lowest BCUT2D eigenvalue weighted by atomic mass is 10.1. The number of halogens is 2. The van der Waals surface area contributed by atoms with Crippen LogP contribution < -0.4 is 10.5 Å². The Kier molecular flexibility index (Phi) is 3.53. The van der Waals surface area contributed by atoms with Gasteiger partial charge in [-0.2, -0.15) is 4.39 Å². The number of rotatable bonds is 3. The third kappa shape index (κ3) is 2.62. The molecule has 2 rings (SSSR count). The van der Waals surface area contributed by atoms with Crippen molar-refractivity contribution in [3.8, 4) is 11.6 Å². The summed E-state index contributed by atoms with van der Waals surface area (Å²) in [6, 6.07) is 6.86. The molecule has 0 spiro atoms. The predicted molar refractivity (Wildman–Crippen MR) is 63.3 cm³/mol. The number of ether oxygens (including phenoxy) is 1. The van der Waals surface area contributed by atoms with Gasteiger partial charge in [0.2, 0.25) is 11.7 Å². The zero-order valence-corrected chi connectivity index (χ0v) is 9.73. The van der Waals surface area contributed by atoms with Crippen LogP contribution >= 0.6 is 0 Å². The van der Waals surface area contributed by atoms with Gasteiger partial charge in [0.25, 0.3) is 0 Å². The summed E-state index contributed by atoms with van der Waals surface area (Å²) in [6.45, 7) is 1.81. The third-order valence-corrected chi connectivity index (χ3v) is 2.42. The first-order chi connectivity index (χ1) is 8.58. The SMILES string of the molecule is C[C@H](N)c1ccnc(Oc2cccc(F)c2F)c1. The Hall–Kier alpha value is -2.01. The van der Waals surface area contributed by atoms with Gasteiger partial charge in [-0.3, -0.25) is 0 Å². The van der Waals surface area contributed by atoms with Crippen LogP contribution in [0.2, 0.25) is 0 Å². The number of benzene rings is 1. The fourth-order valence-corrected chi connectivity index (χ4v) is 1.44. The first-order valence-corrected chi connectivity index (χ1v) is 5.41. The molecular weight excluding hydrogens is 238 g/mol. The lowest BCUT2D eigenvalue weighted by Gasteiger charge is -2.09. The molecule has 0 amide bonds. The molecule has 1 atom stereocenters. The monoisotopic (exact) mass is 250 g/mol. The number of pyridine rings is 1. The predicted octanol–water partition coefficient (Wildman–Crippen LogP) is 3.17. The van der Waals surface area contributed by atoms with E-state index in [4.69, 9.17) is 10.5 Å². The van der Waals surface area contributed by atoms with E-state index in [9.17, 15) is 8.78 Å². The zero-order chi connectivity index (χ0) is 13.1. The molecule has 94 valence electrons. The van der Waals surface area contributed by atoms with Crippen molar-refractivity contribution in [3.05, 3.63) is 53.7 Å². The standard InChI is InChI=1S/C13H12F2N2O/c1-8(16)9-5-6-17-12(7-9)18-11-4-2-3-10(14)13(11)15/h2-8H,16H2,1H3/t8-/m0/s1. The maximum atomic E-state index is 13.4. The molecule has 0 aliphatic carbocycles. The fraction of sp³-hybridized carbons (Fsp3) is 0.154. The van der Waals surface area contributed by atoms with E-state index in [0.29, 0.717) is 0 Å². The minimum Gasteiger partial charge on any atom is -0.436 e. The molecule has 0 radical (unpaired) electrons. The molecular formula is C13H12F2N2O. The van der Waals surface area contributed by atoms with Crippen molar-refractivity contribution < 1.29 is 13.5 Å². The van der Waals surface area contributed by atoms with Crippen LogP contribution in [-0.2, 0) is 0 Å². The molecule has 3 nitrogen and oxygen atoms in total. The summed E-state index contributed by atoms with van der Waals surface area (Å²) < 4.78 is 31.6. The normalized spacial score (nSPS) is 12.2. The van der Waals surface area contributed by atoms with Crippen LogP contribution in [0.5, 0.6) is 11.6 Å². The molecule has 1 aromatic carbocycles. The molecule has 0 unspecified atom stereocenters. The number of nitrogens with zero attached hydrogens (tertiary/aromatic N) is 1. The van der Waals surface area contributed by atoms with E-state index in [1.165, 1.54) is 18.3 Å². The molecule has 1 aromatic heterocycles. The van der Waals surface area contributed by atoms with Crippen molar-refractivity contribution in [3.63, 3.8) is 0 Å². The Morgan fingerprint density at radius 2 is 2.06 bits per heavy atom. The maximum Gasteiger partial charge on any atom is 0.219 e. The number of hydrogen-bond donors (Lipinski definition) is 1. The summed E-state index contributed by atoms with van der Waals surface area (Å²) in [5.74, 6) is -2.03. The topological polar surface area (TPSA) is 48.1 Å². The second kappa shape index (κ2) is 5.10. The summed E-state index contributed by atoms with van der Waals surface area (Å²) in [7, 11) is 0. The van der Waals surface area contributed by atoms with Crippen LogP contribution in [0.1, 0.15) is 18.5 Å². The highest BCUT2D eigenvalue weighted by molar-refractivity contribution is 5.31. The minimum atomic E-state index is -1.04. The number of aromatic nitrogens is 1. The third-order valence-electron chi connectivity index (χ3n) is 2.42. The Balaban J connectivity index is 2.28. The molecule has 2 N–H and O–H groups in total. The number of nitrogens with two attached hydrogens (primary N) is 1. The van der Waals surface area contributed by atoms with E-state index < -0.39 is 11.6 Å². The van der Waals surface area contributed by atoms with Gasteiger partial charge in [-0.25, -0.2) is 9.37 Å². The molecule has 0 aliphatic heterocycles. The van der Waals surface area contributed by atoms with Gasteiger partial charge in [-0.1, -0.05) is 6.07 Å². The lowest BCUT2D eigenvalue weighted by Crippen LogP contribution is -2.05. The molecule has 18 heavy (non-hydrogen) atoms. The molecule has 0 aliphatic rings. The second-order valence-corrected chi connectivity index (χ2v) is 3.87. The van der Waals surface area contributed by atoms with Gasteiger partial charge in [0.1, 0.15) is 0 Å². The highest BCUT2D eigenvalue weighted by atomic mass is 19.2. The van der Waals surface area contributed by atoms with Gasteiger partial charge >= 0.3 is 0 Å². The van der Waals surface area contributed by atoms with E-state index in [2.05, 4.69) is 4.98 Å². The molecule has 2 aromatic rings. The first kappa shape index (κ1) is 12.4. The van der Waals surface area contributed by atoms with Gasteiger partial charge in [-0.15, -0.1) is 0 Å². The van der Waals surface area contributed by atoms with Crippen molar-refractivity contribution >= 4 is 0 Å². The summed E-state index contributed by atoms with van der Waals surface area (Å²) >= 11 is 0. The van der Waals surface area contributed by atoms with Gasteiger partial charge in [0.05, 0.1) is 0 Å². The van der Waals surface area contributed by atoms with Crippen LogP contribution in [0.25, 0.3) is 0 Å². The van der Waals surface area contributed by atoms with Crippen molar-refractivity contribution in [1.29, 1.82) is 0 Å². The summed E-state index contributed by atoms with van der Waals surface area (Å²) in [4.78, 5) is 3.92. The van der Waals surface area contributed by atoms with Crippen LogP contribution in [0.15, 0.2) is 36.5 Å². The van der Waals surface area contributed by atoms with Crippen molar-refractivity contribution in [1.82, 2.24) is 4.98 Å². The van der Waals surface area contributed by atoms with E-state index in [0.717, 1.165) is 11.6 Å². The maximum absolute atomic E-state index is 13.4. The Labute approximate surface area is 103 Å². The zero-order valence-electron chi connectivity index (χ0n) is 9.73. The quantitative estimate of drug-likeness (QED) is 0.910. The van der Waals surface area contributed by atoms with E-state index in [1.54, 1.807) is 12.1 Å². The Morgan fingerprint density at radius 3 is 2.78 bits per heavy atom. The molecule has 0 bridgehead atoms. The molecule has 0 saturated heterocycles. The first-order valence-electron chi connectivity index (χ1n) is 5.41. The van der Waals surface area contributed by atoms with E-state index >= 15 is 0 Å². The van der Waals surface area contributed by atoms with Crippen LogP contribution in [0.3, 0.4) is 0 Å². The average Bonchev–Trinajstić information content (AvgIpc) is 2.35. The molecule has 0 fully saturated rings. The largest absolute Gasteiger partial charge is 0.436 e. The molecule has 1 heterocycles. The molecule has 5 heteroatoms. The summed E-state index contributed by atoms with van der Waals surface area (Å²) in [5, 5.41) is 0. The van der Waals surface area contributed by atoms with Gasteiger partial charge in [0, 0.05) is 18.3 Å². The van der Waals surface area contributed by atoms with Crippen LogP contribution in [-0.4, -0.2) is 4.98 Å². The average molecular weight is 250 g/mol. The fourth-order valence-electron chi connectivity index (χ4n) is 1.44. The lowest BCUT2D eigenvalue weighted by molar-refractivity contribution is 0.405. The van der Waals surface area contributed by atoms with Crippen LogP contribution in [0, 0.1) is 11.6 Å². The van der Waals surface area contributed by atoms with Crippen molar-refractivity contribution in [2.45, 2.75) is 13.0 Å². The highest BCUT2D eigenvalue weighted by Crippen LogP contribution is 2.25. The Bertz CT molecular complexity index is 558. The Morgan fingerprint density at radius 1 is 1.28 bits per heavy atom. The van der Waals surface area contributed by atoms with E-state index in [-0.39, 0.29) is 17.7 Å². The van der Waals surface area contributed by atoms with Crippen molar-refractivity contribution in [2.24, 2.45) is 5.73 Å². The van der Waals surface area contributed by atoms with Gasteiger partial charge < -0.3 is 10.5 Å². The van der Waals surface area contributed by atoms with Crippen molar-refractivity contribution in [2.75, 3.05) is 0 Å². The highest BCUT2D eigenvalue weighted by Gasteiger charge is 2.11.